The molecule has 1 amide bonds. The normalized spacial score (nSPS) is 13.0. The molecule has 3 rings (SSSR count). The number of ether oxygens (including phenoxy) is 1. The number of amides is 1. The van der Waals surface area contributed by atoms with Crippen molar-refractivity contribution in [1.82, 2.24) is 25.1 Å². The fraction of sp³-hybridized carbons (Fsp3) is 0.222. The Labute approximate surface area is 168 Å². The summed E-state index contributed by atoms with van der Waals surface area (Å²) in [6, 6.07) is 5.81. The predicted octanol–water partition coefficient (Wildman–Crippen LogP) is 3.15. The minimum Gasteiger partial charge on any atom is -0.480 e. The number of aromatic nitrogens is 5. The Kier molecular flexibility index (Phi) is 4.52. The van der Waals surface area contributed by atoms with Gasteiger partial charge in [0, 0.05) is 48.0 Å². The van der Waals surface area contributed by atoms with E-state index in [-0.39, 0.29) is 23.2 Å². The molecule has 0 fully saturated rings. The van der Waals surface area contributed by atoms with E-state index in [0.29, 0.717) is 18.2 Å². The van der Waals surface area contributed by atoms with E-state index in [2.05, 4.69) is 35.8 Å². The highest BCUT2D eigenvalue weighted by atomic mass is 19.3. The molecule has 0 spiro atoms. The third kappa shape index (κ3) is 4.94. The number of hydrogen-bond donors (Lipinski definition) is 2. The van der Waals surface area contributed by atoms with Crippen LogP contribution in [0.4, 0.5) is 26.1 Å². The van der Waals surface area contributed by atoms with Crippen LogP contribution in [-0.4, -0.2) is 38.2 Å². The highest BCUT2D eigenvalue weighted by Crippen LogP contribution is 2.31. The predicted molar refractivity (Wildman–Crippen MR) is 101 cm³/mol. The van der Waals surface area contributed by atoms with Crippen LogP contribution in [-0.2, 0) is 10.7 Å². The molecule has 3 aromatic heterocycles. The van der Waals surface area contributed by atoms with Crippen molar-refractivity contribution in [3.05, 3.63) is 42.5 Å². The molecule has 2 N–H and O–H groups in total. The summed E-state index contributed by atoms with van der Waals surface area (Å²) in [5, 5.41) is 12.9. The van der Waals surface area contributed by atoms with Gasteiger partial charge < -0.3 is 15.4 Å². The first kappa shape index (κ1) is 16.2. The Balaban J connectivity index is 2.03. The molecule has 0 saturated heterocycles. The van der Waals surface area contributed by atoms with E-state index in [9.17, 15) is 13.6 Å². The van der Waals surface area contributed by atoms with Crippen LogP contribution < -0.4 is 15.4 Å². The Bertz CT molecular complexity index is 1120. The van der Waals surface area contributed by atoms with E-state index in [1.54, 1.807) is 12.1 Å². The van der Waals surface area contributed by atoms with Gasteiger partial charge in [-0.15, -0.1) is 10.2 Å². The second-order valence-corrected chi connectivity index (χ2v) is 5.81. The standard InChI is InChI=1S/C18H17F2N7O2/c1-10(28)23-15-8-13(24-14-6-7-21-17(25-14)18(2,19)20)11(9-22-15)12-4-5-16(29-3)27-26-12/h4-9H,1-3H3,(H2,21,22,23,24,25,28)/i1D3. The molecule has 29 heavy (non-hydrogen) atoms. The van der Waals surface area contributed by atoms with Gasteiger partial charge in [-0.2, -0.15) is 8.78 Å². The molecule has 0 aliphatic carbocycles. The second-order valence-electron chi connectivity index (χ2n) is 5.81. The van der Waals surface area contributed by atoms with Crippen molar-refractivity contribution < 1.29 is 22.4 Å². The van der Waals surface area contributed by atoms with E-state index in [0.717, 1.165) is 6.20 Å². The van der Waals surface area contributed by atoms with Crippen LogP contribution >= 0.6 is 0 Å². The molecule has 0 aliphatic rings. The van der Waals surface area contributed by atoms with E-state index >= 15 is 0 Å². The zero-order valence-corrected chi connectivity index (χ0v) is 15.3. The van der Waals surface area contributed by atoms with Gasteiger partial charge in [-0.05, 0) is 12.1 Å². The van der Waals surface area contributed by atoms with Crippen molar-refractivity contribution in [1.29, 1.82) is 0 Å². The molecular weight excluding hydrogens is 384 g/mol. The Morgan fingerprint density at radius 2 is 2.03 bits per heavy atom. The molecule has 3 heterocycles. The lowest BCUT2D eigenvalue weighted by Gasteiger charge is -2.14. The number of methoxy groups -OCH3 is 1. The summed E-state index contributed by atoms with van der Waals surface area (Å²) in [6.07, 6.45) is 2.47. The largest absolute Gasteiger partial charge is 0.480 e. The Hall–Kier alpha value is -3.76. The van der Waals surface area contributed by atoms with Crippen molar-refractivity contribution in [3.63, 3.8) is 0 Å². The third-order valence-electron chi connectivity index (χ3n) is 3.58. The highest BCUT2D eigenvalue weighted by Gasteiger charge is 2.28. The SMILES string of the molecule is [2H]C([2H])([2H])C(=O)Nc1cc(Nc2ccnc(C(C)(F)F)n2)c(-c2ccc(OC)nn2)cn1. The molecule has 0 radical (unpaired) electrons. The van der Waals surface area contributed by atoms with E-state index in [4.69, 9.17) is 8.85 Å². The van der Waals surface area contributed by atoms with Crippen LogP contribution in [0.5, 0.6) is 5.88 Å². The van der Waals surface area contributed by atoms with Gasteiger partial charge in [0.15, 0.2) is 0 Å². The number of carbonyl (C=O) groups excluding carboxylic acids is 1. The number of halogens is 2. The third-order valence-corrected chi connectivity index (χ3v) is 3.58. The van der Waals surface area contributed by atoms with E-state index < -0.39 is 24.5 Å². The topological polar surface area (TPSA) is 115 Å². The van der Waals surface area contributed by atoms with Crippen molar-refractivity contribution in [2.75, 3.05) is 17.7 Å². The number of anilines is 3. The Morgan fingerprint density at radius 3 is 2.69 bits per heavy atom. The monoisotopic (exact) mass is 404 g/mol. The highest BCUT2D eigenvalue weighted by molar-refractivity contribution is 5.89. The summed E-state index contributed by atoms with van der Waals surface area (Å²) in [6.45, 7) is -2.22. The molecule has 150 valence electrons. The van der Waals surface area contributed by atoms with Crippen molar-refractivity contribution in [3.8, 4) is 17.1 Å². The molecule has 0 unspecified atom stereocenters. The second kappa shape index (κ2) is 8.09. The van der Waals surface area contributed by atoms with Gasteiger partial charge in [0.2, 0.25) is 17.6 Å². The molecule has 0 aromatic carbocycles. The summed E-state index contributed by atoms with van der Waals surface area (Å²) in [4.78, 5) is 23.2. The van der Waals surface area contributed by atoms with Crippen LogP contribution in [0.15, 0.2) is 36.7 Å². The first-order valence-electron chi connectivity index (χ1n) is 9.65. The first-order chi connectivity index (χ1) is 15.0. The summed E-state index contributed by atoms with van der Waals surface area (Å²) in [7, 11) is 1.43. The maximum Gasteiger partial charge on any atom is 0.303 e. The number of alkyl halides is 2. The maximum absolute atomic E-state index is 13.6. The van der Waals surface area contributed by atoms with Gasteiger partial charge in [-0.1, -0.05) is 0 Å². The average Bonchev–Trinajstić information content (AvgIpc) is 2.73. The van der Waals surface area contributed by atoms with Gasteiger partial charge in [0.05, 0.1) is 18.5 Å². The molecule has 0 bridgehead atoms. The van der Waals surface area contributed by atoms with Crippen molar-refractivity contribution in [2.45, 2.75) is 19.7 Å². The van der Waals surface area contributed by atoms with E-state index in [1.165, 1.54) is 25.4 Å². The summed E-state index contributed by atoms with van der Waals surface area (Å²) >= 11 is 0. The number of pyridine rings is 1. The molecule has 9 nitrogen and oxygen atoms in total. The van der Waals surface area contributed by atoms with Gasteiger partial charge >= 0.3 is 5.92 Å². The van der Waals surface area contributed by atoms with E-state index in [1.807, 2.05) is 0 Å². The molecule has 0 aliphatic heterocycles. The minimum atomic E-state index is -3.26. The van der Waals surface area contributed by atoms with Crippen molar-refractivity contribution >= 4 is 23.2 Å². The summed E-state index contributed by atoms with van der Waals surface area (Å²) in [5.74, 6) is -4.99. The minimum absolute atomic E-state index is 0.0264. The molecule has 0 saturated carbocycles. The van der Waals surface area contributed by atoms with Crippen LogP contribution in [0.25, 0.3) is 11.3 Å². The summed E-state index contributed by atoms with van der Waals surface area (Å²) < 4.78 is 53.7. The smallest absolute Gasteiger partial charge is 0.303 e. The number of rotatable bonds is 6. The zero-order chi connectivity index (χ0) is 23.5. The van der Waals surface area contributed by atoms with Gasteiger partial charge in [-0.3, -0.25) is 4.79 Å². The zero-order valence-electron chi connectivity index (χ0n) is 18.3. The first-order valence-corrected chi connectivity index (χ1v) is 8.15. The molecular formula is C18H17F2N7O2. The number of hydrogen-bond acceptors (Lipinski definition) is 8. The van der Waals surface area contributed by atoms with Crippen LogP contribution in [0, 0.1) is 0 Å². The molecule has 3 aromatic rings. The fourth-order valence-electron chi connectivity index (χ4n) is 2.30. The van der Waals surface area contributed by atoms with Gasteiger partial charge in [-0.25, -0.2) is 15.0 Å². The van der Waals surface area contributed by atoms with Crippen LogP contribution in [0.2, 0.25) is 0 Å². The molecule has 0 atom stereocenters. The lowest BCUT2D eigenvalue weighted by atomic mass is 10.1. The summed E-state index contributed by atoms with van der Waals surface area (Å²) in [5.41, 5.74) is 0.949. The lowest BCUT2D eigenvalue weighted by Crippen LogP contribution is -2.13. The van der Waals surface area contributed by atoms with Gasteiger partial charge in [0.25, 0.3) is 0 Å². The maximum atomic E-state index is 13.6. The number of nitrogens with zero attached hydrogens (tertiary/aromatic N) is 5. The van der Waals surface area contributed by atoms with Crippen LogP contribution in [0.1, 0.15) is 23.7 Å². The van der Waals surface area contributed by atoms with Crippen molar-refractivity contribution in [2.24, 2.45) is 0 Å². The fourth-order valence-corrected chi connectivity index (χ4v) is 2.30. The van der Waals surface area contributed by atoms with Crippen LogP contribution in [0.3, 0.4) is 0 Å². The quantitative estimate of drug-likeness (QED) is 0.644. The number of carbonyl (C=O) groups is 1. The molecule has 11 heteroatoms. The lowest BCUT2D eigenvalue weighted by molar-refractivity contribution is -0.114. The van der Waals surface area contributed by atoms with Gasteiger partial charge in [0.1, 0.15) is 11.6 Å². The Morgan fingerprint density at radius 1 is 1.21 bits per heavy atom. The number of nitrogens with one attached hydrogen (secondary N) is 2. The average molecular weight is 404 g/mol.